The van der Waals surface area contributed by atoms with Gasteiger partial charge in [0.2, 0.25) is 0 Å². The molecule has 2 aliphatic rings. The van der Waals surface area contributed by atoms with Crippen LogP contribution in [0.15, 0.2) is 156 Å². The van der Waals surface area contributed by atoms with Gasteiger partial charge in [0.05, 0.1) is 13.1 Å². The summed E-state index contributed by atoms with van der Waals surface area (Å²) in [5, 5.41) is 6.55. The second-order valence-electron chi connectivity index (χ2n) is 10.8. The summed E-state index contributed by atoms with van der Waals surface area (Å²) in [6.45, 7) is 2.28. The van der Waals surface area contributed by atoms with Crippen molar-refractivity contribution in [3.63, 3.8) is 0 Å². The van der Waals surface area contributed by atoms with E-state index < -0.39 is 15.0 Å². The molecule has 226 valence electrons. The van der Waals surface area contributed by atoms with Gasteiger partial charge in [-0.1, -0.05) is 152 Å². The molecule has 0 N–H and O–H groups in total. The maximum atomic E-state index is 5.91. The molecule has 4 heteroatoms. The van der Waals surface area contributed by atoms with Gasteiger partial charge in [-0.25, -0.2) is 0 Å². The van der Waals surface area contributed by atoms with Gasteiger partial charge in [0.25, 0.3) is 0 Å². The van der Waals surface area contributed by atoms with Crippen LogP contribution in [-0.2, 0) is 17.1 Å². The van der Waals surface area contributed by atoms with Crippen LogP contribution in [-0.4, -0.2) is 6.04 Å². The Kier molecular flexibility index (Phi) is 13.1. The minimum Gasteiger partial charge on any atom is -0.286 e. The Balaban J connectivity index is 0.000000635. The Morgan fingerprint density at radius 2 is 0.804 bits per heavy atom. The minimum absolute atomic E-state index is 0. The summed E-state index contributed by atoms with van der Waals surface area (Å²) < 4.78 is 5.91. The molecule has 1 nitrogen and oxygen atoms in total. The Morgan fingerprint density at radius 3 is 1.17 bits per heavy atom. The van der Waals surface area contributed by atoms with Crippen LogP contribution in [0.25, 0.3) is 0 Å². The van der Waals surface area contributed by atoms with E-state index in [0.29, 0.717) is 0 Å². The normalized spacial score (nSPS) is 15.9. The third kappa shape index (κ3) is 8.04. The number of benzene rings is 5. The maximum Gasteiger partial charge on any atom is 2.00 e. The second-order valence-corrected chi connectivity index (χ2v) is 16.0. The predicted molar refractivity (Wildman–Crippen MR) is 197 cm³/mol. The standard InChI is InChI=1S/C37H32NP2.C5H5.Fe/c1-30(36-28-17-29-37(36)39(31-18-7-2-8-19-31)32-20-9-3-10-21-32)38-40(33-22-11-4-12-23-33,34-24-13-5-14-25-34)35-26-15-6-16-27-35;1-2-4-5-3-1;/h2-30H,1H3;1-5H;/q;;+2. The van der Waals surface area contributed by atoms with E-state index in [4.69, 9.17) is 4.74 Å². The van der Waals surface area contributed by atoms with Crippen LogP contribution < -0.4 is 26.5 Å². The molecule has 1 atom stereocenters. The average molecular weight is 674 g/mol. The van der Waals surface area contributed by atoms with Gasteiger partial charge in [0.15, 0.2) is 0 Å². The first kappa shape index (κ1) is 34.6. The first-order chi connectivity index (χ1) is 22.3. The van der Waals surface area contributed by atoms with Crippen LogP contribution in [0.2, 0.25) is 0 Å². The van der Waals surface area contributed by atoms with Gasteiger partial charge in [0.1, 0.15) is 0 Å². The molecule has 2 aliphatic carbocycles. The largest absolute Gasteiger partial charge is 2.00 e. The van der Waals surface area contributed by atoms with Gasteiger partial charge < -0.3 is 0 Å². The van der Waals surface area contributed by atoms with Crippen molar-refractivity contribution in [1.29, 1.82) is 0 Å². The van der Waals surface area contributed by atoms with Crippen LogP contribution in [0.5, 0.6) is 0 Å². The third-order valence-corrected chi connectivity index (χ3v) is 14.2. The summed E-state index contributed by atoms with van der Waals surface area (Å²) in [6, 6.07) is 54.6. The molecule has 2 saturated carbocycles. The molecule has 0 spiro atoms. The van der Waals surface area contributed by atoms with Crippen molar-refractivity contribution in [1.82, 2.24) is 0 Å². The molecule has 10 radical (unpaired) electrons. The quantitative estimate of drug-likeness (QED) is 0.116. The molecule has 0 amide bonds. The number of hydrogen-bond donors (Lipinski definition) is 0. The van der Waals surface area contributed by atoms with Crippen LogP contribution >= 0.6 is 15.0 Å². The average Bonchev–Trinajstić information content (AvgIpc) is 3.86. The van der Waals surface area contributed by atoms with E-state index in [1.807, 2.05) is 32.1 Å². The molecule has 0 bridgehead atoms. The predicted octanol–water partition coefficient (Wildman–Crippen LogP) is 8.44. The monoisotopic (exact) mass is 673 g/mol. The van der Waals surface area contributed by atoms with Crippen molar-refractivity contribution in [2.75, 3.05) is 0 Å². The van der Waals surface area contributed by atoms with E-state index in [2.05, 4.69) is 178 Å². The van der Waals surface area contributed by atoms with Gasteiger partial charge in [-0.05, 0) is 76.8 Å². The van der Waals surface area contributed by atoms with Crippen molar-refractivity contribution in [2.45, 2.75) is 13.0 Å². The van der Waals surface area contributed by atoms with Gasteiger partial charge in [-0.2, -0.15) is 0 Å². The van der Waals surface area contributed by atoms with Gasteiger partial charge in [0, 0.05) is 27.5 Å². The summed E-state index contributed by atoms with van der Waals surface area (Å²) in [6.07, 6.45) is 16.8. The minimum atomic E-state index is -2.31. The Labute approximate surface area is 289 Å². The van der Waals surface area contributed by atoms with Crippen molar-refractivity contribution in [3.8, 4) is 0 Å². The molecule has 0 aliphatic heterocycles. The van der Waals surface area contributed by atoms with Crippen molar-refractivity contribution >= 4 is 41.5 Å². The molecule has 0 heterocycles. The topological polar surface area (TPSA) is 12.4 Å². The van der Waals surface area contributed by atoms with E-state index in [-0.39, 0.29) is 23.1 Å². The zero-order valence-corrected chi connectivity index (χ0v) is 28.7. The zero-order chi connectivity index (χ0) is 30.7. The molecular weight excluding hydrogens is 636 g/mol. The molecule has 7 rings (SSSR count). The molecule has 0 saturated heterocycles. The first-order valence-corrected chi connectivity index (χ1v) is 18.5. The zero-order valence-electron chi connectivity index (χ0n) is 25.8. The summed E-state index contributed by atoms with van der Waals surface area (Å²) in [5.74, 6) is 1.31. The van der Waals surface area contributed by atoms with Crippen LogP contribution in [0.4, 0.5) is 0 Å². The Hall–Kier alpha value is -2.72. The maximum absolute atomic E-state index is 5.91. The molecule has 46 heavy (non-hydrogen) atoms. The van der Waals surface area contributed by atoms with Gasteiger partial charge in [-0.15, -0.1) is 0 Å². The Morgan fingerprint density at radius 1 is 0.457 bits per heavy atom. The SMILES string of the molecule is CC(N=P(c1ccccc1)(c1ccccc1)c1ccccc1)[C]1[CH][CH][CH][C]1P(c1ccccc1)c1ccccc1.[CH]1[CH][CH][CH][CH]1.[Fe+2]. The first-order valence-electron chi connectivity index (χ1n) is 15.4. The second kappa shape index (κ2) is 17.4. The fraction of sp³-hybridized carbons (Fsp3) is 0.0476. The number of hydrogen-bond acceptors (Lipinski definition) is 1. The van der Waals surface area contributed by atoms with Crippen LogP contribution in [0, 0.1) is 62.9 Å². The number of rotatable bonds is 8. The van der Waals surface area contributed by atoms with Crippen LogP contribution in [0.1, 0.15) is 6.92 Å². The molecular formula is C42H37FeNP2+2. The van der Waals surface area contributed by atoms with Crippen molar-refractivity contribution in [2.24, 2.45) is 4.74 Å². The molecule has 0 aromatic heterocycles. The van der Waals surface area contributed by atoms with Crippen molar-refractivity contribution in [3.05, 3.63) is 215 Å². The third-order valence-electron chi connectivity index (χ3n) is 7.84. The fourth-order valence-corrected chi connectivity index (χ4v) is 12.1. The summed E-state index contributed by atoms with van der Waals surface area (Å²) in [5.41, 5.74) is 1.39. The van der Waals surface area contributed by atoms with E-state index in [1.165, 1.54) is 38.1 Å². The van der Waals surface area contributed by atoms with E-state index in [9.17, 15) is 0 Å². The van der Waals surface area contributed by atoms with E-state index in [1.54, 1.807) is 0 Å². The van der Waals surface area contributed by atoms with Gasteiger partial charge >= 0.3 is 17.1 Å². The summed E-state index contributed by atoms with van der Waals surface area (Å²) >= 11 is 0. The van der Waals surface area contributed by atoms with Gasteiger partial charge in [-0.3, -0.25) is 4.74 Å². The summed E-state index contributed by atoms with van der Waals surface area (Å²) in [7, 11) is -3.03. The van der Waals surface area contributed by atoms with E-state index in [0.717, 1.165) is 0 Å². The van der Waals surface area contributed by atoms with E-state index >= 15 is 0 Å². The summed E-state index contributed by atoms with van der Waals surface area (Å²) in [4.78, 5) is 0. The smallest absolute Gasteiger partial charge is 0.286 e. The number of nitrogens with zero attached hydrogens (tertiary/aromatic N) is 1. The Bertz CT molecular complexity index is 1470. The van der Waals surface area contributed by atoms with Crippen molar-refractivity contribution < 1.29 is 17.1 Å². The molecule has 2 fully saturated rings. The van der Waals surface area contributed by atoms with Crippen LogP contribution in [0.3, 0.4) is 0 Å². The fourth-order valence-electron chi connectivity index (χ4n) is 5.78. The molecule has 1 unspecified atom stereocenters. The molecule has 5 aromatic rings. The molecule has 5 aromatic carbocycles.